The minimum atomic E-state index is 0.354. The van der Waals surface area contributed by atoms with Crippen molar-refractivity contribution in [1.29, 1.82) is 0 Å². The largest absolute Gasteiger partial charge is 0.382 e. The van der Waals surface area contributed by atoms with Crippen molar-refractivity contribution < 1.29 is 4.74 Å². The zero-order valence-corrected chi connectivity index (χ0v) is 9.88. The summed E-state index contributed by atoms with van der Waals surface area (Å²) in [5.41, 5.74) is 6.31. The molecule has 2 heteroatoms. The van der Waals surface area contributed by atoms with Gasteiger partial charge in [0.2, 0.25) is 0 Å². The van der Waals surface area contributed by atoms with Crippen molar-refractivity contribution >= 4 is 0 Å². The van der Waals surface area contributed by atoms with Crippen molar-refractivity contribution in [2.45, 2.75) is 52.1 Å². The van der Waals surface area contributed by atoms with Crippen LogP contribution in [0.2, 0.25) is 0 Å². The van der Waals surface area contributed by atoms with Gasteiger partial charge in [0.1, 0.15) is 0 Å². The van der Waals surface area contributed by atoms with E-state index in [-0.39, 0.29) is 0 Å². The van der Waals surface area contributed by atoms with Crippen LogP contribution in [0.5, 0.6) is 0 Å². The van der Waals surface area contributed by atoms with E-state index in [0.29, 0.717) is 11.5 Å². The van der Waals surface area contributed by atoms with Crippen LogP contribution in [0.15, 0.2) is 0 Å². The van der Waals surface area contributed by atoms with Crippen molar-refractivity contribution in [3.8, 4) is 0 Å². The van der Waals surface area contributed by atoms with Gasteiger partial charge in [-0.15, -0.1) is 0 Å². The van der Waals surface area contributed by atoms with Crippen LogP contribution >= 0.6 is 0 Å². The molecule has 0 spiro atoms. The maximum atomic E-state index is 5.93. The fourth-order valence-corrected chi connectivity index (χ4v) is 2.56. The van der Waals surface area contributed by atoms with Crippen molar-refractivity contribution in [2.75, 3.05) is 13.7 Å². The molecule has 1 saturated carbocycles. The number of rotatable bonds is 4. The van der Waals surface area contributed by atoms with Crippen LogP contribution in [-0.4, -0.2) is 19.8 Å². The quantitative estimate of drug-likeness (QED) is 0.755. The van der Waals surface area contributed by atoms with Crippen LogP contribution in [0.25, 0.3) is 0 Å². The second-order valence-corrected chi connectivity index (χ2v) is 5.14. The molecule has 1 aliphatic carbocycles. The molecule has 0 aromatic rings. The Morgan fingerprint density at radius 3 is 2.43 bits per heavy atom. The van der Waals surface area contributed by atoms with Crippen molar-refractivity contribution in [1.82, 2.24) is 0 Å². The summed E-state index contributed by atoms with van der Waals surface area (Å²) in [6, 6.07) is 0. The van der Waals surface area contributed by atoms with Gasteiger partial charge in [0.05, 0.1) is 6.10 Å². The third kappa shape index (κ3) is 2.96. The van der Waals surface area contributed by atoms with E-state index in [9.17, 15) is 0 Å². The molecule has 84 valence electrons. The topological polar surface area (TPSA) is 35.2 Å². The van der Waals surface area contributed by atoms with Gasteiger partial charge in [0, 0.05) is 7.11 Å². The first-order valence-corrected chi connectivity index (χ1v) is 5.85. The molecule has 0 radical (unpaired) electrons. The van der Waals surface area contributed by atoms with Gasteiger partial charge < -0.3 is 10.5 Å². The lowest BCUT2D eigenvalue weighted by atomic mass is 9.68. The van der Waals surface area contributed by atoms with Gasteiger partial charge in [-0.05, 0) is 44.1 Å². The first-order chi connectivity index (χ1) is 6.62. The summed E-state index contributed by atoms with van der Waals surface area (Å²) in [6.45, 7) is 5.32. The van der Waals surface area contributed by atoms with E-state index >= 15 is 0 Å². The highest BCUT2D eigenvalue weighted by Crippen LogP contribution is 2.41. The Balaban J connectivity index is 2.49. The van der Waals surface area contributed by atoms with Crippen LogP contribution in [0.1, 0.15) is 46.0 Å². The highest BCUT2D eigenvalue weighted by atomic mass is 16.5. The smallest absolute Gasteiger partial charge is 0.0549 e. The molecule has 14 heavy (non-hydrogen) atoms. The molecule has 0 bridgehead atoms. The Morgan fingerprint density at radius 1 is 1.43 bits per heavy atom. The fourth-order valence-electron chi connectivity index (χ4n) is 2.56. The van der Waals surface area contributed by atoms with E-state index in [1.165, 1.54) is 25.7 Å². The Morgan fingerprint density at radius 2 is 2.00 bits per heavy atom. The van der Waals surface area contributed by atoms with Gasteiger partial charge in [0.25, 0.3) is 0 Å². The molecule has 2 nitrogen and oxygen atoms in total. The molecule has 1 rings (SSSR count). The molecule has 0 aromatic heterocycles. The van der Waals surface area contributed by atoms with E-state index in [4.69, 9.17) is 10.5 Å². The normalized spacial score (nSPS) is 35.6. The van der Waals surface area contributed by atoms with E-state index in [0.717, 1.165) is 18.9 Å². The summed E-state index contributed by atoms with van der Waals surface area (Å²) in [4.78, 5) is 0. The zero-order chi connectivity index (χ0) is 10.6. The van der Waals surface area contributed by atoms with Gasteiger partial charge in [-0.1, -0.05) is 19.8 Å². The number of hydrogen-bond donors (Lipinski definition) is 1. The van der Waals surface area contributed by atoms with Crippen molar-refractivity contribution in [2.24, 2.45) is 17.1 Å². The molecule has 0 amide bonds. The number of methoxy groups -OCH3 is 1. The number of hydrogen-bond acceptors (Lipinski definition) is 2. The van der Waals surface area contributed by atoms with Crippen LogP contribution in [-0.2, 0) is 4.74 Å². The van der Waals surface area contributed by atoms with Gasteiger partial charge >= 0.3 is 0 Å². The predicted octanol–water partition coefficient (Wildman–Crippen LogP) is 2.57. The maximum Gasteiger partial charge on any atom is 0.0549 e. The summed E-state index contributed by atoms with van der Waals surface area (Å²) < 4.78 is 5.35. The molecule has 2 N–H and O–H groups in total. The highest BCUT2D eigenvalue weighted by molar-refractivity contribution is 4.87. The Labute approximate surface area is 88.2 Å². The molecular formula is C12H25NO. The Kier molecular flexibility index (Phi) is 4.39. The average molecular weight is 199 g/mol. The second kappa shape index (κ2) is 5.13. The summed E-state index contributed by atoms with van der Waals surface area (Å²) >= 11 is 0. The summed E-state index contributed by atoms with van der Waals surface area (Å²) in [6.07, 6.45) is 6.75. The number of ether oxygens (including phenoxy) is 1. The summed E-state index contributed by atoms with van der Waals surface area (Å²) in [5.74, 6) is 0.896. The van der Waals surface area contributed by atoms with Gasteiger partial charge in [-0.2, -0.15) is 0 Å². The first kappa shape index (κ1) is 12.0. The fraction of sp³-hybridized carbons (Fsp3) is 1.00. The average Bonchev–Trinajstić information content (AvgIpc) is 2.22. The first-order valence-electron chi connectivity index (χ1n) is 5.85. The van der Waals surface area contributed by atoms with Crippen LogP contribution in [0, 0.1) is 11.3 Å². The molecule has 1 aliphatic rings. The monoisotopic (exact) mass is 199 g/mol. The molecule has 0 aromatic carbocycles. The minimum absolute atomic E-state index is 0.354. The van der Waals surface area contributed by atoms with Gasteiger partial charge in [-0.25, -0.2) is 0 Å². The van der Waals surface area contributed by atoms with E-state index in [2.05, 4.69) is 13.8 Å². The van der Waals surface area contributed by atoms with E-state index in [1.807, 2.05) is 0 Å². The maximum absolute atomic E-state index is 5.93. The third-order valence-corrected chi connectivity index (χ3v) is 3.89. The van der Waals surface area contributed by atoms with Gasteiger partial charge in [0.15, 0.2) is 0 Å². The minimum Gasteiger partial charge on any atom is -0.382 e. The summed E-state index contributed by atoms with van der Waals surface area (Å²) in [5, 5.41) is 0. The second-order valence-electron chi connectivity index (χ2n) is 5.14. The number of nitrogens with two attached hydrogens (primary N) is 1. The van der Waals surface area contributed by atoms with Gasteiger partial charge in [-0.3, -0.25) is 0 Å². The van der Waals surface area contributed by atoms with Crippen LogP contribution in [0.4, 0.5) is 0 Å². The Hall–Kier alpha value is -0.0800. The van der Waals surface area contributed by atoms with Crippen molar-refractivity contribution in [3.63, 3.8) is 0 Å². The standard InChI is InChI=1S/C12H25NO/c1-10-4-6-12(9-13,7-5-10)8-11(2)14-3/h10-11H,4-9,13H2,1-3H3. The third-order valence-electron chi connectivity index (χ3n) is 3.89. The van der Waals surface area contributed by atoms with Crippen LogP contribution in [0.3, 0.4) is 0 Å². The summed E-state index contributed by atoms with van der Waals surface area (Å²) in [7, 11) is 1.79. The molecule has 0 aliphatic heterocycles. The van der Waals surface area contributed by atoms with E-state index < -0.39 is 0 Å². The lowest BCUT2D eigenvalue weighted by Crippen LogP contribution is -2.37. The van der Waals surface area contributed by atoms with Crippen molar-refractivity contribution in [3.05, 3.63) is 0 Å². The molecule has 1 unspecified atom stereocenters. The highest BCUT2D eigenvalue weighted by Gasteiger charge is 2.34. The van der Waals surface area contributed by atoms with E-state index in [1.54, 1.807) is 7.11 Å². The molecule has 1 atom stereocenters. The lowest BCUT2D eigenvalue weighted by Gasteiger charge is -2.40. The molecule has 1 fully saturated rings. The predicted molar refractivity (Wildman–Crippen MR) is 60.2 cm³/mol. The lowest BCUT2D eigenvalue weighted by molar-refractivity contribution is 0.0423. The molecule has 0 saturated heterocycles. The Bertz CT molecular complexity index is 162. The molecule has 0 heterocycles. The molecular weight excluding hydrogens is 174 g/mol. The SMILES string of the molecule is COC(C)CC1(CN)CCC(C)CC1. The van der Waals surface area contributed by atoms with Crippen LogP contribution < -0.4 is 5.73 Å². The zero-order valence-electron chi connectivity index (χ0n) is 9.88.